The van der Waals surface area contributed by atoms with Crippen molar-refractivity contribution in [1.29, 1.82) is 0 Å². The van der Waals surface area contributed by atoms with E-state index in [1.165, 1.54) is 51.4 Å². The lowest BCUT2D eigenvalue weighted by atomic mass is 10.2. The zero-order chi connectivity index (χ0) is 22.9. The van der Waals surface area contributed by atoms with Crippen LogP contribution in [0, 0.1) is 0 Å². The number of carbonyl (C=O) groups excluding carboxylic acids is 2. The van der Waals surface area contributed by atoms with Crippen molar-refractivity contribution in [3.05, 3.63) is 0 Å². The lowest BCUT2D eigenvalue weighted by Crippen LogP contribution is -3.00. The smallest absolute Gasteiger partial charge is 0.306 e. The molecule has 0 aromatic carbocycles. The van der Waals surface area contributed by atoms with Crippen LogP contribution in [0.25, 0.3) is 0 Å². The second-order valence-corrected chi connectivity index (χ2v) is 9.83. The van der Waals surface area contributed by atoms with Crippen molar-refractivity contribution >= 4 is 11.9 Å². The molecule has 0 aromatic rings. The summed E-state index contributed by atoms with van der Waals surface area (Å²) in [5.41, 5.74) is 0. The molecule has 0 bridgehead atoms. The normalized spacial score (nSPS) is 11.3. The van der Waals surface area contributed by atoms with Gasteiger partial charge in [0.1, 0.15) is 26.3 Å². The first-order valence-corrected chi connectivity index (χ1v) is 12.1. The molecule has 0 amide bonds. The number of esters is 2. The Morgan fingerprint density at radius 1 is 0.562 bits per heavy atom. The van der Waals surface area contributed by atoms with Gasteiger partial charge in [-0.1, -0.05) is 39.5 Å². The lowest BCUT2D eigenvalue weighted by Gasteiger charge is -2.29. The number of quaternary nitrogens is 2. The third-order valence-electron chi connectivity index (χ3n) is 5.69. The highest BCUT2D eigenvalue weighted by Crippen LogP contribution is 2.07. The highest BCUT2D eigenvalue weighted by molar-refractivity contribution is 5.77. The maximum atomic E-state index is 11.9. The molecule has 0 N–H and O–H groups in total. The standard InChI is InChI=1S/C24H50N2O4.2BrH/c1-7-9-11-13-17-25(3,4)19-21-29-23(27)15-16-24(28)30-22-20-26(5,6)18-14-12-10-8-2;;/h7-22H2,1-6H3;2*1H/q+2;;/p-2. The molecule has 0 atom stereocenters. The monoisotopic (exact) mass is 588 g/mol. The molecule has 8 heteroatoms. The zero-order valence-corrected chi connectivity index (χ0v) is 24.8. The Morgan fingerprint density at radius 2 is 0.906 bits per heavy atom. The lowest BCUT2D eigenvalue weighted by molar-refractivity contribution is -0.890. The number of rotatable bonds is 19. The third kappa shape index (κ3) is 23.0. The molecular formula is C24H50Br2N2O4. The van der Waals surface area contributed by atoms with Crippen molar-refractivity contribution in [1.82, 2.24) is 0 Å². The van der Waals surface area contributed by atoms with Crippen LogP contribution in [0.4, 0.5) is 0 Å². The van der Waals surface area contributed by atoms with Gasteiger partial charge >= 0.3 is 11.9 Å². The molecule has 0 saturated heterocycles. The van der Waals surface area contributed by atoms with Gasteiger partial charge in [-0.25, -0.2) is 0 Å². The summed E-state index contributed by atoms with van der Waals surface area (Å²) in [5.74, 6) is -0.630. The molecular weight excluding hydrogens is 540 g/mol. The molecule has 0 aromatic heterocycles. The van der Waals surface area contributed by atoms with Gasteiger partial charge in [-0.2, -0.15) is 0 Å². The molecule has 0 radical (unpaired) electrons. The molecule has 0 aliphatic rings. The topological polar surface area (TPSA) is 52.6 Å². The summed E-state index contributed by atoms with van der Waals surface area (Å²) < 4.78 is 12.3. The maximum absolute atomic E-state index is 11.9. The van der Waals surface area contributed by atoms with Crippen molar-refractivity contribution in [2.24, 2.45) is 0 Å². The van der Waals surface area contributed by atoms with Gasteiger partial charge < -0.3 is 52.4 Å². The number of halogens is 2. The van der Waals surface area contributed by atoms with E-state index < -0.39 is 0 Å². The molecule has 194 valence electrons. The van der Waals surface area contributed by atoms with Crippen molar-refractivity contribution in [2.45, 2.75) is 78.1 Å². The quantitative estimate of drug-likeness (QED) is 0.101. The van der Waals surface area contributed by atoms with E-state index in [1.54, 1.807) is 0 Å². The summed E-state index contributed by atoms with van der Waals surface area (Å²) in [6.07, 6.45) is 10.2. The Labute approximate surface area is 219 Å². The Hall–Kier alpha value is -0.180. The van der Waals surface area contributed by atoms with Gasteiger partial charge in [0.25, 0.3) is 0 Å². The van der Waals surface area contributed by atoms with Crippen LogP contribution in [0.15, 0.2) is 0 Å². The predicted octanol–water partition coefficient (Wildman–Crippen LogP) is -1.83. The Balaban J connectivity index is -0.00000420. The Kier molecular flexibility index (Phi) is 24.3. The van der Waals surface area contributed by atoms with Crippen molar-refractivity contribution in [2.75, 3.05) is 67.6 Å². The average Bonchev–Trinajstić information content (AvgIpc) is 2.67. The maximum Gasteiger partial charge on any atom is 0.306 e. The Morgan fingerprint density at radius 3 is 1.22 bits per heavy atom. The molecule has 0 unspecified atom stereocenters. The largest absolute Gasteiger partial charge is 1.00 e. The molecule has 0 heterocycles. The third-order valence-corrected chi connectivity index (χ3v) is 5.69. The summed E-state index contributed by atoms with van der Waals surface area (Å²) >= 11 is 0. The van der Waals surface area contributed by atoms with Gasteiger partial charge in [-0.15, -0.1) is 0 Å². The molecule has 0 fully saturated rings. The van der Waals surface area contributed by atoms with E-state index in [1.807, 2.05) is 0 Å². The van der Waals surface area contributed by atoms with Crippen molar-refractivity contribution in [3.63, 3.8) is 0 Å². The van der Waals surface area contributed by atoms with E-state index in [9.17, 15) is 9.59 Å². The average molecular weight is 590 g/mol. The first-order chi connectivity index (χ1) is 14.1. The number of hydrogen-bond donors (Lipinski definition) is 0. The second kappa shape index (κ2) is 21.4. The van der Waals surface area contributed by atoms with Gasteiger partial charge in [-0.3, -0.25) is 9.59 Å². The number of carbonyl (C=O) groups is 2. The number of likely N-dealkylation sites (N-methyl/N-ethyl adjacent to an activating group) is 2. The number of unbranched alkanes of at least 4 members (excludes halogenated alkanes) is 6. The first-order valence-electron chi connectivity index (χ1n) is 12.1. The van der Waals surface area contributed by atoms with E-state index in [2.05, 4.69) is 42.0 Å². The Bertz CT molecular complexity index is 433. The molecule has 0 aliphatic heterocycles. The van der Waals surface area contributed by atoms with Crippen LogP contribution in [-0.4, -0.2) is 88.5 Å². The van der Waals surface area contributed by atoms with Crippen LogP contribution in [0.5, 0.6) is 0 Å². The molecule has 0 saturated carbocycles. The van der Waals surface area contributed by atoms with Crippen molar-refractivity contribution in [3.8, 4) is 0 Å². The molecule has 0 spiro atoms. The van der Waals surface area contributed by atoms with Crippen LogP contribution >= 0.6 is 0 Å². The molecule has 0 rings (SSSR count). The minimum Gasteiger partial charge on any atom is -1.00 e. The second-order valence-electron chi connectivity index (χ2n) is 9.83. The minimum atomic E-state index is -0.315. The minimum absolute atomic E-state index is 0. The van der Waals surface area contributed by atoms with E-state index in [0.29, 0.717) is 13.2 Å². The summed E-state index contributed by atoms with van der Waals surface area (Å²) in [4.78, 5) is 23.8. The van der Waals surface area contributed by atoms with Crippen LogP contribution in [0.3, 0.4) is 0 Å². The van der Waals surface area contributed by atoms with Crippen LogP contribution in [0.1, 0.15) is 78.1 Å². The van der Waals surface area contributed by atoms with E-state index in [4.69, 9.17) is 9.47 Å². The highest BCUT2D eigenvalue weighted by Gasteiger charge is 2.18. The predicted molar refractivity (Wildman–Crippen MR) is 123 cm³/mol. The number of ether oxygens (including phenoxy) is 2. The number of nitrogens with zero attached hydrogens (tertiary/aromatic N) is 2. The van der Waals surface area contributed by atoms with E-state index in [0.717, 1.165) is 35.1 Å². The van der Waals surface area contributed by atoms with E-state index >= 15 is 0 Å². The van der Waals surface area contributed by atoms with Crippen LogP contribution < -0.4 is 34.0 Å². The molecule has 32 heavy (non-hydrogen) atoms. The fraction of sp³-hybridized carbons (Fsp3) is 0.917. The van der Waals surface area contributed by atoms with Crippen LogP contribution in [0.2, 0.25) is 0 Å². The van der Waals surface area contributed by atoms with Gasteiger partial charge in [0.2, 0.25) is 0 Å². The molecule has 6 nitrogen and oxygen atoms in total. The van der Waals surface area contributed by atoms with Crippen molar-refractivity contribution < 1.29 is 62.0 Å². The van der Waals surface area contributed by atoms with Gasteiger partial charge in [0.05, 0.1) is 54.1 Å². The van der Waals surface area contributed by atoms with Crippen LogP contribution in [-0.2, 0) is 19.1 Å². The summed E-state index contributed by atoms with van der Waals surface area (Å²) in [5, 5.41) is 0. The highest BCUT2D eigenvalue weighted by atomic mass is 79.9. The zero-order valence-electron chi connectivity index (χ0n) is 21.6. The summed E-state index contributed by atoms with van der Waals surface area (Å²) in [6, 6.07) is 0. The first kappa shape index (κ1) is 36.4. The SMILES string of the molecule is CCCCCC[N+](C)(C)CCOC(=O)CCC(=O)OCC[N+](C)(C)CCCCCC.[Br-].[Br-]. The number of hydrogen-bond acceptors (Lipinski definition) is 4. The van der Waals surface area contributed by atoms with Gasteiger partial charge in [0.15, 0.2) is 0 Å². The summed E-state index contributed by atoms with van der Waals surface area (Å²) in [7, 11) is 8.67. The molecule has 0 aliphatic carbocycles. The fourth-order valence-electron chi connectivity index (χ4n) is 3.32. The fourth-order valence-corrected chi connectivity index (χ4v) is 3.32. The summed E-state index contributed by atoms with van der Waals surface area (Å²) in [6.45, 7) is 9.02. The van der Waals surface area contributed by atoms with E-state index in [-0.39, 0.29) is 58.7 Å². The van der Waals surface area contributed by atoms with Gasteiger partial charge in [0, 0.05) is 0 Å². The van der Waals surface area contributed by atoms with Gasteiger partial charge in [-0.05, 0) is 25.7 Å².